The maximum atomic E-state index is 6.25. The Hall–Kier alpha value is -10.4. The van der Waals surface area contributed by atoms with Crippen molar-refractivity contribution in [1.82, 2.24) is 24.1 Å². The fraction of sp³-hybridized carbons (Fsp3) is 0. The number of nitrogens with zero attached hydrogens (tertiary/aromatic N) is 5. The predicted molar refractivity (Wildman–Crippen MR) is 310 cm³/mol. The van der Waals surface area contributed by atoms with Gasteiger partial charge in [-0.1, -0.05) is 176 Å². The molecule has 0 bridgehead atoms. The summed E-state index contributed by atoms with van der Waals surface area (Å²) in [5.74, 6) is 1.57. The first-order valence-corrected chi connectivity index (χ1v) is 25.6. The minimum Gasteiger partial charge on any atom is -0.456 e. The average molecular weight is 972 g/mol. The molecule has 0 radical (unpaired) electrons. The van der Waals surface area contributed by atoms with Gasteiger partial charge in [-0.3, -0.25) is 9.13 Å². The summed E-state index contributed by atoms with van der Waals surface area (Å²) in [7, 11) is 0. The van der Waals surface area contributed by atoms with Crippen molar-refractivity contribution in [3.63, 3.8) is 0 Å². The van der Waals surface area contributed by atoms with Crippen molar-refractivity contribution >= 4 is 87.5 Å². The summed E-state index contributed by atoms with van der Waals surface area (Å²) in [5, 5.41) is 8.76. The van der Waals surface area contributed by atoms with Crippen LogP contribution in [0.1, 0.15) is 0 Å². The molecule has 7 heteroatoms. The van der Waals surface area contributed by atoms with Gasteiger partial charge in [0.15, 0.2) is 5.82 Å². The fourth-order valence-corrected chi connectivity index (χ4v) is 11.6. The largest absolute Gasteiger partial charge is 0.456 e. The van der Waals surface area contributed by atoms with Gasteiger partial charge in [-0.05, 0) is 117 Å². The Kier molecular flexibility index (Phi) is 9.20. The van der Waals surface area contributed by atoms with Crippen LogP contribution in [0.3, 0.4) is 0 Å². The van der Waals surface area contributed by atoms with E-state index in [9.17, 15) is 0 Å². The number of para-hydroxylation sites is 4. The van der Waals surface area contributed by atoms with Crippen molar-refractivity contribution in [3.05, 3.63) is 249 Å². The average Bonchev–Trinajstić information content (AvgIpc) is 4.27. The van der Waals surface area contributed by atoms with Gasteiger partial charge < -0.3 is 8.83 Å². The van der Waals surface area contributed by atoms with Gasteiger partial charge in [-0.25, -0.2) is 0 Å². The van der Waals surface area contributed by atoms with E-state index in [0.717, 1.165) is 132 Å². The molecule has 0 N–H and O–H groups in total. The zero-order valence-corrected chi connectivity index (χ0v) is 40.7. The van der Waals surface area contributed by atoms with Gasteiger partial charge in [0.2, 0.25) is 11.9 Å². The molecule has 5 aromatic heterocycles. The van der Waals surface area contributed by atoms with Gasteiger partial charge >= 0.3 is 0 Å². The second-order valence-electron chi connectivity index (χ2n) is 19.6. The van der Waals surface area contributed by atoms with E-state index in [-0.39, 0.29) is 0 Å². The summed E-state index contributed by atoms with van der Waals surface area (Å²) < 4.78 is 16.9. The first-order valence-electron chi connectivity index (χ1n) is 25.6. The molecule has 0 unspecified atom stereocenters. The highest BCUT2D eigenvalue weighted by atomic mass is 16.3. The third-order valence-corrected chi connectivity index (χ3v) is 15.2. The van der Waals surface area contributed by atoms with E-state index >= 15 is 0 Å². The van der Waals surface area contributed by atoms with Crippen molar-refractivity contribution in [1.29, 1.82) is 0 Å². The molecule has 0 aliphatic rings. The van der Waals surface area contributed by atoms with Crippen LogP contribution in [-0.2, 0) is 0 Å². The van der Waals surface area contributed by atoms with Gasteiger partial charge in [0.1, 0.15) is 22.3 Å². The molecular weight excluding hydrogens is 931 g/mol. The third-order valence-electron chi connectivity index (χ3n) is 15.2. The SMILES string of the molecule is c1ccc(-c2cccc(-c3cccc(-c4nc(-n5c6ccccc6c6ccc(-c7ccc8oc9ccccc9c8c7)cc65)nc(-n5c6ccccc6c6ccc(-c7ccc8oc9ccccc9c8c7)cc65)n4)c3)c2)cc1. The van der Waals surface area contributed by atoms with Crippen LogP contribution in [0.15, 0.2) is 258 Å². The van der Waals surface area contributed by atoms with E-state index in [2.05, 4.69) is 234 Å². The van der Waals surface area contributed by atoms with Crippen LogP contribution in [0.2, 0.25) is 0 Å². The minimum absolute atomic E-state index is 0.510. The lowest BCUT2D eigenvalue weighted by molar-refractivity contribution is 0.668. The minimum atomic E-state index is 0.510. The van der Waals surface area contributed by atoms with Gasteiger partial charge in [0.25, 0.3) is 0 Å². The highest BCUT2D eigenvalue weighted by Crippen LogP contribution is 2.40. The summed E-state index contributed by atoms with van der Waals surface area (Å²) >= 11 is 0. The van der Waals surface area contributed by atoms with Gasteiger partial charge in [0, 0.05) is 48.7 Å². The predicted octanol–water partition coefficient (Wildman–Crippen LogP) is 18.2. The van der Waals surface area contributed by atoms with Crippen LogP contribution in [0, 0.1) is 0 Å². The van der Waals surface area contributed by atoms with Crippen molar-refractivity contribution in [2.75, 3.05) is 0 Å². The molecule has 0 atom stereocenters. The first-order chi connectivity index (χ1) is 37.6. The second-order valence-corrected chi connectivity index (χ2v) is 19.6. The maximum Gasteiger partial charge on any atom is 0.240 e. The topological polar surface area (TPSA) is 74.8 Å². The normalized spacial score (nSPS) is 11.9. The van der Waals surface area contributed by atoms with Crippen LogP contribution >= 0.6 is 0 Å². The number of fused-ring (bicyclic) bond motifs is 12. The lowest BCUT2D eigenvalue weighted by Crippen LogP contribution is -2.10. The monoisotopic (exact) mass is 971 g/mol. The lowest BCUT2D eigenvalue weighted by Gasteiger charge is -2.14. The van der Waals surface area contributed by atoms with Crippen molar-refractivity contribution in [3.8, 4) is 67.8 Å². The van der Waals surface area contributed by atoms with E-state index in [1.54, 1.807) is 0 Å². The number of hydrogen-bond donors (Lipinski definition) is 0. The summed E-state index contributed by atoms with van der Waals surface area (Å²) in [6.07, 6.45) is 0. The smallest absolute Gasteiger partial charge is 0.240 e. The van der Waals surface area contributed by atoms with E-state index in [0.29, 0.717) is 17.7 Å². The molecular formula is C69H41N5O2. The highest BCUT2D eigenvalue weighted by Gasteiger charge is 2.22. The Balaban J connectivity index is 0.932. The molecule has 0 saturated carbocycles. The molecule has 76 heavy (non-hydrogen) atoms. The molecule has 0 aliphatic carbocycles. The zero-order chi connectivity index (χ0) is 49.8. The van der Waals surface area contributed by atoms with Crippen molar-refractivity contribution in [2.45, 2.75) is 0 Å². The van der Waals surface area contributed by atoms with Crippen LogP contribution in [0.4, 0.5) is 0 Å². The van der Waals surface area contributed by atoms with Gasteiger partial charge in [-0.2, -0.15) is 15.0 Å². The Morgan fingerprint density at radius 3 is 1.13 bits per heavy atom. The summed E-state index contributed by atoms with van der Waals surface area (Å²) in [6.45, 7) is 0. The highest BCUT2D eigenvalue weighted by molar-refractivity contribution is 6.13. The number of benzene rings is 11. The van der Waals surface area contributed by atoms with E-state index in [1.807, 2.05) is 24.3 Å². The number of furan rings is 2. The Bertz CT molecular complexity index is 4770. The molecule has 16 aromatic rings. The number of aromatic nitrogens is 5. The summed E-state index contributed by atoms with van der Waals surface area (Å²) in [4.78, 5) is 16.6. The summed E-state index contributed by atoms with van der Waals surface area (Å²) in [6, 6.07) is 87.7. The van der Waals surface area contributed by atoms with E-state index in [1.165, 1.54) is 5.56 Å². The molecule has 11 aromatic carbocycles. The van der Waals surface area contributed by atoms with Crippen LogP contribution in [-0.4, -0.2) is 24.1 Å². The molecule has 16 rings (SSSR count). The fourth-order valence-electron chi connectivity index (χ4n) is 11.6. The second kappa shape index (κ2) is 16.6. The lowest BCUT2D eigenvalue weighted by atomic mass is 9.98. The molecule has 0 amide bonds. The first kappa shape index (κ1) is 42.2. The molecule has 0 saturated heterocycles. The summed E-state index contributed by atoms with van der Waals surface area (Å²) in [5.41, 5.74) is 17.1. The Morgan fingerprint density at radius 2 is 0.592 bits per heavy atom. The quantitative estimate of drug-likeness (QED) is 0.159. The standard InChI is InChI=1S/C69H41N5O2/c1-2-14-42(15-3-1)43-16-12-17-44(36-43)45-18-13-19-50(37-45)67-70-68(73-59-24-8-4-20-51(59)53-32-28-48(40-61(53)73)46-30-34-65-57(38-46)55-22-6-10-26-63(55)75-65)72-69(71-67)74-60-25-9-5-21-52(60)54-33-29-49(41-62(54)74)47-31-35-66-58(39-47)56-23-7-11-27-64(56)76-66/h1-41H. The van der Waals surface area contributed by atoms with Crippen molar-refractivity contribution < 1.29 is 8.83 Å². The molecule has 0 spiro atoms. The molecule has 5 heterocycles. The third kappa shape index (κ3) is 6.66. The van der Waals surface area contributed by atoms with E-state index < -0.39 is 0 Å². The van der Waals surface area contributed by atoms with Crippen LogP contribution < -0.4 is 0 Å². The number of hydrogen-bond acceptors (Lipinski definition) is 5. The van der Waals surface area contributed by atoms with Crippen molar-refractivity contribution in [2.24, 2.45) is 0 Å². The van der Waals surface area contributed by atoms with Gasteiger partial charge in [0.05, 0.1) is 22.1 Å². The number of rotatable bonds is 7. The zero-order valence-electron chi connectivity index (χ0n) is 40.7. The molecule has 354 valence electrons. The maximum absolute atomic E-state index is 6.25. The molecule has 0 aliphatic heterocycles. The molecule has 7 nitrogen and oxygen atoms in total. The van der Waals surface area contributed by atoms with E-state index in [4.69, 9.17) is 23.8 Å². The van der Waals surface area contributed by atoms with Crippen LogP contribution in [0.25, 0.3) is 155 Å². The Morgan fingerprint density at radius 1 is 0.224 bits per heavy atom. The molecule has 0 fully saturated rings. The Labute approximate surface area is 434 Å². The van der Waals surface area contributed by atoms with Crippen LogP contribution in [0.5, 0.6) is 0 Å². The van der Waals surface area contributed by atoms with Gasteiger partial charge in [-0.15, -0.1) is 0 Å².